The van der Waals surface area contributed by atoms with Crippen molar-refractivity contribution in [3.63, 3.8) is 0 Å². The zero-order valence-corrected chi connectivity index (χ0v) is 19.7. The monoisotopic (exact) mass is 438 g/mol. The highest BCUT2D eigenvalue weighted by Crippen LogP contribution is 2.65. The van der Waals surface area contributed by atoms with Gasteiger partial charge in [-0.05, 0) is 99.6 Å². The molecule has 0 spiro atoms. The van der Waals surface area contributed by atoms with E-state index in [1.165, 1.54) is 64.8 Å². The summed E-state index contributed by atoms with van der Waals surface area (Å²) in [7, 11) is 2.26. The van der Waals surface area contributed by atoms with Gasteiger partial charge in [-0.1, -0.05) is 30.3 Å². The molecule has 1 unspecified atom stereocenters. The van der Waals surface area contributed by atoms with E-state index >= 15 is 0 Å². The highest BCUT2D eigenvalue weighted by molar-refractivity contribution is 5.85. The Kier molecular flexibility index (Phi) is 7.98. The van der Waals surface area contributed by atoms with Crippen molar-refractivity contribution >= 4 is 24.8 Å². The molecule has 1 heterocycles. The molecule has 2 nitrogen and oxygen atoms in total. The van der Waals surface area contributed by atoms with Gasteiger partial charge in [0.1, 0.15) is 0 Å². The van der Waals surface area contributed by atoms with E-state index in [1.54, 1.807) is 24.8 Å². The lowest BCUT2D eigenvalue weighted by Gasteiger charge is -2.60. The van der Waals surface area contributed by atoms with Gasteiger partial charge < -0.3 is 9.80 Å². The number of likely N-dealkylation sites (N-methyl/N-ethyl adjacent to an activating group) is 1. The van der Waals surface area contributed by atoms with Gasteiger partial charge in [0.15, 0.2) is 0 Å². The standard InChI is InChI=1S/C25H38N2.2ClH/c1-26-10-12-27(13-11-26)9-5-8-24(23-6-3-2-4-7-23)25-17-20-14-21(18-25)16-22(15-20)19-25;;/h2-4,6-7,20-22,24H,5,8-19H2,1H3;2*1H. The second-order valence-corrected chi connectivity index (χ2v) is 10.5. The zero-order chi connectivity index (χ0) is 18.3. The van der Waals surface area contributed by atoms with Crippen molar-refractivity contribution in [3.05, 3.63) is 35.9 Å². The number of rotatable bonds is 6. The molecule has 1 aromatic carbocycles. The molecule has 4 saturated carbocycles. The van der Waals surface area contributed by atoms with E-state index in [1.807, 2.05) is 0 Å². The second kappa shape index (κ2) is 9.90. The third-order valence-electron chi connectivity index (χ3n) is 8.59. The lowest BCUT2D eigenvalue weighted by molar-refractivity contribution is -0.0707. The van der Waals surface area contributed by atoms with Crippen molar-refractivity contribution in [2.45, 2.75) is 57.3 Å². The van der Waals surface area contributed by atoms with E-state index in [-0.39, 0.29) is 24.8 Å². The third-order valence-corrected chi connectivity index (χ3v) is 8.59. The van der Waals surface area contributed by atoms with Gasteiger partial charge in [0.25, 0.3) is 0 Å². The van der Waals surface area contributed by atoms with Gasteiger partial charge in [0.05, 0.1) is 0 Å². The summed E-state index contributed by atoms with van der Waals surface area (Å²) in [5.74, 6) is 3.97. The lowest BCUT2D eigenvalue weighted by atomic mass is 9.45. The van der Waals surface area contributed by atoms with E-state index in [9.17, 15) is 0 Å². The van der Waals surface area contributed by atoms with Crippen molar-refractivity contribution in [1.29, 1.82) is 0 Å². The van der Waals surface area contributed by atoms with Crippen LogP contribution in [-0.2, 0) is 0 Å². The maximum Gasteiger partial charge on any atom is 0.0110 e. The molecular formula is C25H40Cl2N2. The lowest BCUT2D eigenvalue weighted by Crippen LogP contribution is -2.49. The third kappa shape index (κ3) is 4.97. The molecule has 29 heavy (non-hydrogen) atoms. The van der Waals surface area contributed by atoms with Crippen LogP contribution in [0.2, 0.25) is 0 Å². The van der Waals surface area contributed by atoms with E-state index in [4.69, 9.17) is 0 Å². The van der Waals surface area contributed by atoms with Gasteiger partial charge in [0.2, 0.25) is 0 Å². The summed E-state index contributed by atoms with van der Waals surface area (Å²) < 4.78 is 0. The predicted molar refractivity (Wildman–Crippen MR) is 127 cm³/mol. The van der Waals surface area contributed by atoms with Gasteiger partial charge in [-0.3, -0.25) is 0 Å². The fraction of sp³-hybridized carbons (Fsp3) is 0.760. The molecule has 0 aromatic heterocycles. The first-order chi connectivity index (χ1) is 13.2. The summed E-state index contributed by atoms with van der Waals surface area (Å²) in [6, 6.07) is 11.6. The minimum absolute atomic E-state index is 0. The van der Waals surface area contributed by atoms with Crippen molar-refractivity contribution in [2.24, 2.45) is 23.2 Å². The summed E-state index contributed by atoms with van der Waals surface area (Å²) in [5.41, 5.74) is 2.29. The first-order valence-corrected chi connectivity index (χ1v) is 11.7. The maximum atomic E-state index is 2.71. The van der Waals surface area contributed by atoms with Gasteiger partial charge in [0, 0.05) is 26.2 Å². The minimum atomic E-state index is 0. The molecule has 1 saturated heterocycles. The van der Waals surface area contributed by atoms with Gasteiger partial charge in [-0.25, -0.2) is 0 Å². The Bertz CT molecular complexity index is 592. The van der Waals surface area contributed by atoms with Crippen molar-refractivity contribution in [2.75, 3.05) is 39.8 Å². The van der Waals surface area contributed by atoms with Gasteiger partial charge >= 0.3 is 0 Å². The number of hydrogen-bond acceptors (Lipinski definition) is 2. The Morgan fingerprint density at radius 1 is 0.862 bits per heavy atom. The Labute approximate surface area is 190 Å². The van der Waals surface area contributed by atoms with Gasteiger partial charge in [-0.15, -0.1) is 24.8 Å². The summed E-state index contributed by atoms with van der Waals surface area (Å²) in [4.78, 5) is 5.18. The van der Waals surface area contributed by atoms with Crippen LogP contribution in [0.3, 0.4) is 0 Å². The zero-order valence-electron chi connectivity index (χ0n) is 18.1. The number of benzene rings is 1. The molecule has 0 radical (unpaired) electrons. The summed E-state index contributed by atoms with van der Waals surface area (Å²) in [6.07, 6.45) is 12.1. The largest absolute Gasteiger partial charge is 0.304 e. The van der Waals surface area contributed by atoms with Crippen LogP contribution in [0.4, 0.5) is 0 Å². The van der Waals surface area contributed by atoms with Gasteiger partial charge in [-0.2, -0.15) is 0 Å². The first kappa shape index (κ1) is 23.4. The number of nitrogens with zero attached hydrogens (tertiary/aromatic N) is 2. The fourth-order valence-electron chi connectivity index (χ4n) is 7.71. The molecule has 1 aromatic rings. The first-order valence-electron chi connectivity index (χ1n) is 11.7. The molecule has 1 aliphatic heterocycles. The molecule has 164 valence electrons. The van der Waals surface area contributed by atoms with Crippen LogP contribution in [0.15, 0.2) is 30.3 Å². The van der Waals surface area contributed by atoms with Crippen molar-refractivity contribution in [1.82, 2.24) is 9.80 Å². The average Bonchev–Trinajstić information content (AvgIpc) is 2.66. The van der Waals surface area contributed by atoms with Crippen LogP contribution in [0.5, 0.6) is 0 Å². The summed E-state index contributed by atoms with van der Waals surface area (Å²) >= 11 is 0. The van der Waals surface area contributed by atoms with Crippen LogP contribution in [-0.4, -0.2) is 49.6 Å². The van der Waals surface area contributed by atoms with Crippen LogP contribution < -0.4 is 0 Å². The van der Waals surface area contributed by atoms with Crippen LogP contribution >= 0.6 is 24.8 Å². The Morgan fingerprint density at radius 3 is 1.97 bits per heavy atom. The minimum Gasteiger partial charge on any atom is -0.304 e. The number of piperazine rings is 1. The number of halogens is 2. The fourth-order valence-corrected chi connectivity index (χ4v) is 7.71. The number of hydrogen-bond donors (Lipinski definition) is 0. The molecule has 4 aliphatic carbocycles. The second-order valence-electron chi connectivity index (χ2n) is 10.5. The van der Waals surface area contributed by atoms with E-state index in [0.29, 0.717) is 5.41 Å². The maximum absolute atomic E-state index is 2.71. The molecule has 5 aliphatic rings. The van der Waals surface area contributed by atoms with Crippen LogP contribution in [0.1, 0.15) is 62.8 Å². The van der Waals surface area contributed by atoms with E-state index in [0.717, 1.165) is 23.7 Å². The molecule has 1 atom stereocenters. The van der Waals surface area contributed by atoms with E-state index < -0.39 is 0 Å². The molecule has 4 heteroatoms. The highest BCUT2D eigenvalue weighted by atomic mass is 35.5. The average molecular weight is 440 g/mol. The molecule has 0 N–H and O–H groups in total. The Balaban J connectivity index is 0.00000120. The highest BCUT2D eigenvalue weighted by Gasteiger charge is 2.54. The quantitative estimate of drug-likeness (QED) is 0.548. The molecule has 4 bridgehead atoms. The normalized spacial score (nSPS) is 35.0. The van der Waals surface area contributed by atoms with Crippen molar-refractivity contribution < 1.29 is 0 Å². The molecule has 5 fully saturated rings. The smallest absolute Gasteiger partial charge is 0.0110 e. The van der Waals surface area contributed by atoms with E-state index in [2.05, 4.69) is 47.2 Å². The molecule has 0 amide bonds. The Morgan fingerprint density at radius 2 is 1.41 bits per heavy atom. The summed E-state index contributed by atoms with van der Waals surface area (Å²) in [6.45, 7) is 6.34. The summed E-state index contributed by atoms with van der Waals surface area (Å²) in [5, 5.41) is 0. The van der Waals surface area contributed by atoms with Crippen molar-refractivity contribution in [3.8, 4) is 0 Å². The molecular weight excluding hydrogens is 399 g/mol. The van der Waals surface area contributed by atoms with Crippen LogP contribution in [0.25, 0.3) is 0 Å². The van der Waals surface area contributed by atoms with Crippen LogP contribution in [0, 0.1) is 23.2 Å². The predicted octanol–water partition coefficient (Wildman–Crippen LogP) is 5.86. The topological polar surface area (TPSA) is 6.48 Å². The Hall–Kier alpha value is -0.280. The molecule has 6 rings (SSSR count). The SMILES string of the molecule is CN1CCN(CCCC(c2ccccc2)C23CC4CC(CC(C4)C2)C3)CC1.Cl.Cl.